The second-order valence-corrected chi connectivity index (χ2v) is 9.30. The standard InChI is InChI=1S/C21H32N.Al.2H/c1-9-10-11-12-17-13-14(2)15(3)18-16(4)22(8)20(19(17)18)21(5,6)7;;;/h9-12H2,1-8H3;;;. The molecule has 1 nitrogen and oxygen atoms in total. The lowest BCUT2D eigenvalue weighted by Crippen LogP contribution is -2.20. The molecule has 1 heterocycles. The molecule has 0 saturated heterocycles. The second kappa shape index (κ2) is 6.66. The van der Waals surface area contributed by atoms with E-state index in [1.165, 1.54) is 48.0 Å². The van der Waals surface area contributed by atoms with Gasteiger partial charge in [-0.15, -0.1) is 4.43 Å². The van der Waals surface area contributed by atoms with E-state index >= 15 is 0 Å². The molecule has 2 aromatic rings. The Balaban J connectivity index is 2.89. The molecule has 1 aromatic carbocycles. The van der Waals surface area contributed by atoms with Crippen LogP contribution < -0.4 is 4.43 Å². The van der Waals surface area contributed by atoms with Crippen LogP contribution in [0.15, 0.2) is 0 Å². The molecule has 2 heteroatoms. The van der Waals surface area contributed by atoms with E-state index < -0.39 is 0 Å². The number of hydrogen-bond donors (Lipinski definition) is 0. The molecule has 126 valence electrons. The van der Waals surface area contributed by atoms with E-state index in [1.54, 1.807) is 20.9 Å². The van der Waals surface area contributed by atoms with Crippen molar-refractivity contribution in [2.24, 2.45) is 7.05 Å². The van der Waals surface area contributed by atoms with Crippen molar-refractivity contribution in [1.82, 2.24) is 4.57 Å². The quantitative estimate of drug-likeness (QED) is 0.580. The third kappa shape index (κ3) is 3.13. The lowest BCUT2D eigenvalue weighted by molar-refractivity contribution is 0.544. The highest BCUT2D eigenvalue weighted by molar-refractivity contribution is 6.36. The average molecular weight is 327 g/mol. The van der Waals surface area contributed by atoms with E-state index in [4.69, 9.17) is 0 Å². The summed E-state index contributed by atoms with van der Waals surface area (Å²) < 4.78 is 4.11. The fourth-order valence-electron chi connectivity index (χ4n) is 4.18. The Bertz CT molecular complexity index is 729. The molecule has 0 aliphatic carbocycles. The van der Waals surface area contributed by atoms with Crippen LogP contribution in [0, 0.1) is 20.8 Å². The van der Waals surface area contributed by atoms with Crippen LogP contribution in [-0.2, 0) is 18.9 Å². The summed E-state index contributed by atoms with van der Waals surface area (Å²) in [6.07, 6.45) is 5.20. The maximum absolute atomic E-state index is 2.46. The molecule has 0 fully saturated rings. The fourth-order valence-corrected chi connectivity index (χ4v) is 5.06. The SMILES string of the molecule is CCCCCc1[c]([AlH2])c(C)c(C)c2c(C)n(C)c(C(C)(C)C)c12. The van der Waals surface area contributed by atoms with Gasteiger partial charge < -0.3 is 4.57 Å². The maximum atomic E-state index is 2.46. The zero-order valence-electron chi connectivity index (χ0n) is 16.8. The largest absolute Gasteiger partial charge is 0.350 e. The van der Waals surface area contributed by atoms with Crippen LogP contribution in [0.3, 0.4) is 0 Å². The fraction of sp³-hybridized carbons (Fsp3) is 0.619. The van der Waals surface area contributed by atoms with Crippen molar-refractivity contribution in [2.45, 2.75) is 79.6 Å². The highest BCUT2D eigenvalue weighted by Gasteiger charge is 2.27. The minimum Gasteiger partial charge on any atom is -0.350 e. The van der Waals surface area contributed by atoms with Crippen molar-refractivity contribution < 1.29 is 0 Å². The summed E-state index contributed by atoms with van der Waals surface area (Å²) in [5.74, 6) is 0. The number of nitrogens with zero attached hydrogens (tertiary/aromatic N) is 1. The van der Waals surface area contributed by atoms with E-state index in [1.807, 2.05) is 0 Å². The van der Waals surface area contributed by atoms with E-state index in [0.717, 1.165) is 16.3 Å². The van der Waals surface area contributed by atoms with Gasteiger partial charge in [-0.25, -0.2) is 0 Å². The summed E-state index contributed by atoms with van der Waals surface area (Å²) in [6.45, 7) is 16.3. The smallest absolute Gasteiger partial charge is 0.259 e. The van der Waals surface area contributed by atoms with Gasteiger partial charge in [-0.05, 0) is 39.2 Å². The third-order valence-electron chi connectivity index (χ3n) is 5.68. The molecule has 0 amide bonds. The zero-order valence-corrected chi connectivity index (χ0v) is 18.8. The first kappa shape index (κ1) is 18.6. The minimum absolute atomic E-state index is 0.177. The van der Waals surface area contributed by atoms with Gasteiger partial charge in [0, 0.05) is 34.6 Å². The van der Waals surface area contributed by atoms with Crippen molar-refractivity contribution >= 4 is 31.5 Å². The van der Waals surface area contributed by atoms with Crippen LogP contribution >= 0.6 is 0 Å². The summed E-state index contributed by atoms with van der Waals surface area (Å²) in [7, 11) is 2.26. The number of aromatic nitrogens is 1. The lowest BCUT2D eigenvalue weighted by atomic mass is 9.85. The Morgan fingerprint density at radius 3 is 2.09 bits per heavy atom. The first-order chi connectivity index (χ1) is 10.6. The Labute approximate surface area is 150 Å². The van der Waals surface area contributed by atoms with Gasteiger partial charge in [0.2, 0.25) is 0 Å². The maximum Gasteiger partial charge on any atom is 0.259 e. The number of fused-ring (bicyclic) bond motifs is 1. The average Bonchev–Trinajstić information content (AvgIpc) is 2.72. The highest BCUT2D eigenvalue weighted by Crippen LogP contribution is 2.38. The van der Waals surface area contributed by atoms with Gasteiger partial charge in [0.15, 0.2) is 0 Å². The molecule has 0 unspecified atom stereocenters. The van der Waals surface area contributed by atoms with E-state index in [0.29, 0.717) is 0 Å². The van der Waals surface area contributed by atoms with Crippen molar-refractivity contribution in [1.29, 1.82) is 0 Å². The summed E-state index contributed by atoms with van der Waals surface area (Å²) in [5.41, 5.74) is 7.85. The Hall–Kier alpha value is -0.708. The molecule has 23 heavy (non-hydrogen) atoms. The predicted molar refractivity (Wildman–Crippen MR) is 107 cm³/mol. The molecule has 1 aromatic heterocycles. The molecule has 0 N–H and O–H groups in total. The normalized spacial score (nSPS) is 12.3. The number of rotatable bonds is 4. The van der Waals surface area contributed by atoms with Gasteiger partial charge in [-0.3, -0.25) is 0 Å². The number of aryl methyl sites for hydroxylation is 3. The first-order valence-corrected chi connectivity index (χ1v) is 10.2. The van der Waals surface area contributed by atoms with E-state index in [-0.39, 0.29) is 5.41 Å². The molecule has 2 rings (SSSR count). The molecule has 0 aliphatic rings. The van der Waals surface area contributed by atoms with Crippen molar-refractivity contribution in [3.05, 3.63) is 28.1 Å². The van der Waals surface area contributed by atoms with Crippen molar-refractivity contribution in [2.75, 3.05) is 0 Å². The zero-order chi connectivity index (χ0) is 17.5. The summed E-state index contributed by atoms with van der Waals surface area (Å²) in [4.78, 5) is 0. The Morgan fingerprint density at radius 2 is 1.57 bits per heavy atom. The lowest BCUT2D eigenvalue weighted by Gasteiger charge is -2.24. The van der Waals surface area contributed by atoms with Crippen LogP contribution in [0.4, 0.5) is 0 Å². The van der Waals surface area contributed by atoms with Gasteiger partial charge >= 0.3 is 0 Å². The molecule has 0 spiro atoms. The van der Waals surface area contributed by atoms with Gasteiger partial charge in [-0.1, -0.05) is 51.7 Å². The summed E-state index contributed by atoms with van der Waals surface area (Å²) in [6, 6.07) is 0. The molecular formula is C21H34AlN. The minimum atomic E-state index is 0.177. The van der Waals surface area contributed by atoms with Crippen LogP contribution in [0.2, 0.25) is 0 Å². The molecule has 0 bridgehead atoms. The van der Waals surface area contributed by atoms with E-state index in [9.17, 15) is 0 Å². The van der Waals surface area contributed by atoms with Crippen LogP contribution in [0.5, 0.6) is 0 Å². The third-order valence-corrected chi connectivity index (χ3v) is 7.04. The second-order valence-electron chi connectivity index (χ2n) is 8.30. The number of unbranched alkanes of at least 4 members (excludes halogenated alkanes) is 2. The van der Waals surface area contributed by atoms with Gasteiger partial charge in [0.25, 0.3) is 16.3 Å². The van der Waals surface area contributed by atoms with Crippen molar-refractivity contribution in [3.8, 4) is 0 Å². The van der Waals surface area contributed by atoms with Gasteiger partial charge in [0.05, 0.1) is 0 Å². The Morgan fingerprint density at radius 1 is 0.957 bits per heavy atom. The van der Waals surface area contributed by atoms with Gasteiger partial charge in [-0.2, -0.15) is 0 Å². The Kier molecular flexibility index (Phi) is 5.39. The predicted octanol–water partition coefficient (Wildman–Crippen LogP) is 4.39. The number of hydrogen-bond acceptors (Lipinski definition) is 0. The molecule has 0 aliphatic heterocycles. The molecular weight excluding hydrogens is 293 g/mol. The summed E-state index contributed by atoms with van der Waals surface area (Å²) >= 11 is 1.15. The molecule has 0 atom stereocenters. The van der Waals surface area contributed by atoms with Crippen LogP contribution in [0.1, 0.15) is 75.0 Å². The summed E-state index contributed by atoms with van der Waals surface area (Å²) in [5, 5.41) is 3.11. The molecule has 0 saturated carbocycles. The van der Waals surface area contributed by atoms with E-state index in [2.05, 4.69) is 60.1 Å². The van der Waals surface area contributed by atoms with Crippen molar-refractivity contribution in [3.63, 3.8) is 0 Å². The van der Waals surface area contributed by atoms with Crippen LogP contribution in [0.25, 0.3) is 10.8 Å². The monoisotopic (exact) mass is 327 g/mol. The topological polar surface area (TPSA) is 4.93 Å². The van der Waals surface area contributed by atoms with Gasteiger partial charge in [0.1, 0.15) is 0 Å². The number of benzene rings is 1. The first-order valence-electron chi connectivity index (χ1n) is 9.21. The van der Waals surface area contributed by atoms with Crippen LogP contribution in [-0.4, -0.2) is 20.9 Å². The molecule has 0 radical (unpaired) electrons. The highest BCUT2D eigenvalue weighted by atomic mass is 27.0.